The molecule has 1 aliphatic rings. The number of hydrogen-bond acceptors (Lipinski definition) is 4. The minimum Gasteiger partial charge on any atom is -0.465 e. The first-order chi connectivity index (χ1) is 10.7. The van der Waals surface area contributed by atoms with Gasteiger partial charge in [-0.3, -0.25) is 9.97 Å². The van der Waals surface area contributed by atoms with Crippen molar-refractivity contribution in [1.29, 1.82) is 0 Å². The summed E-state index contributed by atoms with van der Waals surface area (Å²) in [6.45, 7) is 2.00. The SMILES string of the molecule is COC(=O)c1cc(-c2cncc(C)c2)cnc1C1CCCC1. The highest BCUT2D eigenvalue weighted by Crippen LogP contribution is 2.36. The van der Waals surface area contributed by atoms with Crippen molar-refractivity contribution in [2.45, 2.75) is 38.5 Å². The molecule has 2 aromatic heterocycles. The number of carbonyl (C=O) groups is 1. The predicted octanol–water partition coefficient (Wildman–Crippen LogP) is 3.90. The Morgan fingerprint density at radius 1 is 1.14 bits per heavy atom. The zero-order chi connectivity index (χ0) is 15.5. The van der Waals surface area contributed by atoms with E-state index in [1.807, 2.05) is 31.5 Å². The Morgan fingerprint density at radius 2 is 1.86 bits per heavy atom. The van der Waals surface area contributed by atoms with Gasteiger partial charge in [-0.15, -0.1) is 0 Å². The molecule has 0 amide bonds. The fourth-order valence-electron chi connectivity index (χ4n) is 3.14. The number of aryl methyl sites for hydroxylation is 1. The van der Waals surface area contributed by atoms with Gasteiger partial charge in [0.2, 0.25) is 0 Å². The van der Waals surface area contributed by atoms with Crippen LogP contribution in [0.1, 0.15) is 53.2 Å². The lowest BCUT2D eigenvalue weighted by molar-refractivity contribution is 0.0598. The van der Waals surface area contributed by atoms with E-state index >= 15 is 0 Å². The van der Waals surface area contributed by atoms with Crippen LogP contribution in [0.4, 0.5) is 0 Å². The minimum absolute atomic E-state index is 0.308. The molecule has 1 saturated carbocycles. The van der Waals surface area contributed by atoms with Crippen molar-refractivity contribution in [1.82, 2.24) is 9.97 Å². The first-order valence-corrected chi connectivity index (χ1v) is 7.69. The standard InChI is InChI=1S/C18H20N2O2/c1-12-7-14(10-19-9-12)15-8-16(18(21)22-2)17(20-11-15)13-5-3-4-6-13/h7-11,13H,3-6H2,1-2H3. The maximum Gasteiger partial charge on any atom is 0.339 e. The average molecular weight is 296 g/mol. The first kappa shape index (κ1) is 14.7. The zero-order valence-electron chi connectivity index (χ0n) is 13.0. The number of aromatic nitrogens is 2. The summed E-state index contributed by atoms with van der Waals surface area (Å²) < 4.78 is 4.96. The molecule has 2 heterocycles. The molecule has 0 atom stereocenters. The van der Waals surface area contributed by atoms with E-state index in [1.54, 1.807) is 6.20 Å². The molecule has 1 fully saturated rings. The van der Waals surface area contributed by atoms with Crippen LogP contribution in [0.5, 0.6) is 0 Å². The molecule has 0 unspecified atom stereocenters. The van der Waals surface area contributed by atoms with Crippen LogP contribution in [0.2, 0.25) is 0 Å². The van der Waals surface area contributed by atoms with E-state index in [2.05, 4.69) is 9.97 Å². The Hall–Kier alpha value is -2.23. The fraction of sp³-hybridized carbons (Fsp3) is 0.389. The number of pyridine rings is 2. The van der Waals surface area contributed by atoms with Crippen LogP contribution >= 0.6 is 0 Å². The van der Waals surface area contributed by atoms with Crippen molar-refractivity contribution in [3.05, 3.63) is 47.5 Å². The van der Waals surface area contributed by atoms with E-state index in [4.69, 9.17) is 4.74 Å². The van der Waals surface area contributed by atoms with Crippen LogP contribution < -0.4 is 0 Å². The molecular weight excluding hydrogens is 276 g/mol. The van der Waals surface area contributed by atoms with Crippen LogP contribution in [0, 0.1) is 6.92 Å². The lowest BCUT2D eigenvalue weighted by Gasteiger charge is -2.14. The third-order valence-corrected chi connectivity index (χ3v) is 4.27. The van der Waals surface area contributed by atoms with Gasteiger partial charge in [0.15, 0.2) is 0 Å². The molecule has 0 bridgehead atoms. The maximum absolute atomic E-state index is 12.2. The maximum atomic E-state index is 12.2. The van der Waals surface area contributed by atoms with Crippen LogP contribution in [-0.4, -0.2) is 23.0 Å². The highest BCUT2D eigenvalue weighted by atomic mass is 16.5. The first-order valence-electron chi connectivity index (χ1n) is 7.69. The Bertz CT molecular complexity index is 691. The molecule has 2 aromatic rings. The molecule has 3 rings (SSSR count). The summed E-state index contributed by atoms with van der Waals surface area (Å²) >= 11 is 0. The van der Waals surface area contributed by atoms with E-state index in [-0.39, 0.29) is 5.97 Å². The molecule has 4 heteroatoms. The Balaban J connectivity index is 2.05. The molecule has 0 N–H and O–H groups in total. The largest absolute Gasteiger partial charge is 0.465 e. The highest BCUT2D eigenvalue weighted by Gasteiger charge is 2.25. The summed E-state index contributed by atoms with van der Waals surface area (Å²) in [4.78, 5) is 21.0. The van der Waals surface area contributed by atoms with Crippen LogP contribution in [0.25, 0.3) is 11.1 Å². The molecule has 0 spiro atoms. The molecule has 0 aliphatic heterocycles. The summed E-state index contributed by atoms with van der Waals surface area (Å²) in [5, 5.41) is 0. The van der Waals surface area contributed by atoms with Gasteiger partial charge in [-0.1, -0.05) is 12.8 Å². The molecule has 0 saturated heterocycles. The van der Waals surface area contributed by atoms with Gasteiger partial charge < -0.3 is 4.74 Å². The fourth-order valence-corrected chi connectivity index (χ4v) is 3.14. The van der Waals surface area contributed by atoms with Gasteiger partial charge in [0, 0.05) is 35.6 Å². The Morgan fingerprint density at radius 3 is 2.55 bits per heavy atom. The van der Waals surface area contributed by atoms with Crippen molar-refractivity contribution in [3.63, 3.8) is 0 Å². The van der Waals surface area contributed by atoms with Gasteiger partial charge in [0.05, 0.1) is 18.4 Å². The van der Waals surface area contributed by atoms with Gasteiger partial charge in [-0.25, -0.2) is 4.79 Å². The molecule has 4 nitrogen and oxygen atoms in total. The van der Waals surface area contributed by atoms with Crippen molar-refractivity contribution < 1.29 is 9.53 Å². The number of hydrogen-bond donors (Lipinski definition) is 0. The highest BCUT2D eigenvalue weighted by molar-refractivity contribution is 5.92. The summed E-state index contributed by atoms with van der Waals surface area (Å²) in [6, 6.07) is 3.93. The topological polar surface area (TPSA) is 52.1 Å². The number of carbonyl (C=O) groups excluding carboxylic acids is 1. The number of esters is 1. The molecular formula is C18H20N2O2. The van der Waals surface area contributed by atoms with Crippen molar-refractivity contribution in [2.24, 2.45) is 0 Å². The molecule has 1 aliphatic carbocycles. The van der Waals surface area contributed by atoms with E-state index in [9.17, 15) is 4.79 Å². The quantitative estimate of drug-likeness (QED) is 0.806. The summed E-state index contributed by atoms with van der Waals surface area (Å²) in [5.74, 6) is 0.0654. The molecule has 0 aromatic carbocycles. The summed E-state index contributed by atoms with van der Waals surface area (Å²) in [6.07, 6.45) is 10.1. The third-order valence-electron chi connectivity index (χ3n) is 4.27. The van der Waals surface area contributed by atoms with Crippen molar-refractivity contribution in [2.75, 3.05) is 7.11 Å². The molecule has 0 radical (unpaired) electrons. The number of rotatable bonds is 3. The number of nitrogens with zero attached hydrogens (tertiary/aromatic N) is 2. The zero-order valence-corrected chi connectivity index (χ0v) is 13.0. The van der Waals surface area contributed by atoms with Crippen molar-refractivity contribution >= 4 is 5.97 Å². The predicted molar refractivity (Wildman–Crippen MR) is 84.8 cm³/mol. The second-order valence-electron chi connectivity index (χ2n) is 5.88. The normalized spacial score (nSPS) is 15.0. The van der Waals surface area contributed by atoms with Gasteiger partial charge >= 0.3 is 5.97 Å². The lowest BCUT2D eigenvalue weighted by atomic mass is 9.96. The van der Waals surface area contributed by atoms with Crippen LogP contribution in [-0.2, 0) is 4.74 Å². The second-order valence-corrected chi connectivity index (χ2v) is 5.88. The van der Waals surface area contributed by atoms with Gasteiger partial charge in [-0.05, 0) is 37.5 Å². The number of ether oxygens (including phenoxy) is 1. The average Bonchev–Trinajstić information content (AvgIpc) is 3.08. The van der Waals surface area contributed by atoms with Crippen LogP contribution in [0.15, 0.2) is 30.7 Å². The molecule has 22 heavy (non-hydrogen) atoms. The van der Waals surface area contributed by atoms with E-state index < -0.39 is 0 Å². The molecule has 114 valence electrons. The van der Waals surface area contributed by atoms with E-state index in [0.717, 1.165) is 35.2 Å². The Kier molecular flexibility index (Phi) is 4.18. The Labute approximate surface area is 130 Å². The monoisotopic (exact) mass is 296 g/mol. The lowest BCUT2D eigenvalue weighted by Crippen LogP contribution is -2.10. The smallest absolute Gasteiger partial charge is 0.339 e. The van der Waals surface area contributed by atoms with Crippen molar-refractivity contribution in [3.8, 4) is 11.1 Å². The second kappa shape index (κ2) is 6.26. The van der Waals surface area contributed by atoms with Gasteiger partial charge in [-0.2, -0.15) is 0 Å². The van der Waals surface area contributed by atoms with Gasteiger partial charge in [0.25, 0.3) is 0 Å². The summed E-state index contributed by atoms with van der Waals surface area (Å²) in [5.41, 5.74) is 4.42. The van der Waals surface area contributed by atoms with Gasteiger partial charge in [0.1, 0.15) is 0 Å². The van der Waals surface area contributed by atoms with E-state index in [1.165, 1.54) is 20.0 Å². The van der Waals surface area contributed by atoms with E-state index in [0.29, 0.717) is 11.5 Å². The minimum atomic E-state index is -0.308. The third kappa shape index (κ3) is 2.86. The van der Waals surface area contributed by atoms with Crippen LogP contribution in [0.3, 0.4) is 0 Å². The number of methoxy groups -OCH3 is 1. The summed E-state index contributed by atoms with van der Waals surface area (Å²) in [7, 11) is 1.42.